The fraction of sp³-hybridized carbons (Fsp3) is 0.120. The monoisotopic (exact) mass is 422 g/mol. The normalized spacial score (nSPS) is 11.0. The fourth-order valence-corrected chi connectivity index (χ4v) is 3.71. The van der Waals surface area contributed by atoms with E-state index in [1.165, 1.54) is 5.56 Å². The topological polar surface area (TPSA) is 79.7 Å². The zero-order valence-corrected chi connectivity index (χ0v) is 17.6. The maximum atomic E-state index is 12.8. The Morgan fingerprint density at radius 1 is 0.906 bits per heavy atom. The zero-order valence-electron chi connectivity index (χ0n) is 17.6. The first kappa shape index (κ1) is 19.7. The Balaban J connectivity index is 1.63. The van der Waals surface area contributed by atoms with Crippen molar-refractivity contribution in [1.29, 1.82) is 0 Å². The van der Waals surface area contributed by atoms with Gasteiger partial charge in [0.1, 0.15) is 5.65 Å². The molecule has 0 atom stereocenters. The smallest absolute Gasteiger partial charge is 0.252 e. The lowest BCUT2D eigenvalue weighted by atomic mass is 10.1. The minimum absolute atomic E-state index is 0.101. The number of aromatic nitrogens is 5. The van der Waals surface area contributed by atoms with Crippen LogP contribution in [0.4, 0.5) is 17.3 Å². The third-order valence-corrected chi connectivity index (χ3v) is 5.44. The van der Waals surface area contributed by atoms with Crippen LogP contribution in [0.25, 0.3) is 11.0 Å². The van der Waals surface area contributed by atoms with Gasteiger partial charge in [0.25, 0.3) is 5.56 Å². The van der Waals surface area contributed by atoms with Crippen molar-refractivity contribution in [1.82, 2.24) is 24.7 Å². The average molecular weight is 422 g/mol. The summed E-state index contributed by atoms with van der Waals surface area (Å²) in [7, 11) is 0. The molecule has 3 aromatic heterocycles. The molecule has 7 nitrogen and oxygen atoms in total. The molecule has 5 rings (SSSR count). The third kappa shape index (κ3) is 3.76. The molecule has 3 heterocycles. The molecule has 0 aliphatic rings. The molecule has 2 aromatic carbocycles. The van der Waals surface area contributed by atoms with Crippen molar-refractivity contribution in [2.24, 2.45) is 0 Å². The van der Waals surface area contributed by atoms with E-state index in [0.29, 0.717) is 18.1 Å². The Hall–Kier alpha value is -4.26. The molecule has 0 saturated carbocycles. The van der Waals surface area contributed by atoms with Gasteiger partial charge in [-0.2, -0.15) is 10.1 Å². The number of hydrogen-bond acceptors (Lipinski definition) is 5. The van der Waals surface area contributed by atoms with E-state index in [4.69, 9.17) is 4.98 Å². The highest BCUT2D eigenvalue weighted by molar-refractivity contribution is 5.78. The van der Waals surface area contributed by atoms with Crippen LogP contribution in [0.5, 0.6) is 0 Å². The Kier molecular flexibility index (Phi) is 5.21. The molecule has 0 spiro atoms. The number of aryl methyl sites for hydroxylation is 1. The molecule has 158 valence electrons. The van der Waals surface area contributed by atoms with Gasteiger partial charge in [-0.15, -0.1) is 0 Å². The number of fused-ring (bicyclic) bond motifs is 1. The van der Waals surface area contributed by atoms with Crippen LogP contribution in [0.2, 0.25) is 0 Å². The molecule has 0 radical (unpaired) electrons. The highest BCUT2D eigenvalue weighted by Gasteiger charge is 2.17. The molecule has 0 bridgehead atoms. The minimum Gasteiger partial charge on any atom is -0.288 e. The van der Waals surface area contributed by atoms with E-state index in [0.717, 1.165) is 28.7 Å². The van der Waals surface area contributed by atoms with Crippen molar-refractivity contribution in [3.05, 3.63) is 107 Å². The van der Waals surface area contributed by atoms with E-state index in [2.05, 4.69) is 46.4 Å². The molecular weight excluding hydrogens is 400 g/mol. The van der Waals surface area contributed by atoms with E-state index in [9.17, 15) is 4.79 Å². The van der Waals surface area contributed by atoms with Gasteiger partial charge in [0, 0.05) is 29.5 Å². The highest BCUT2D eigenvalue weighted by atomic mass is 16.1. The van der Waals surface area contributed by atoms with Gasteiger partial charge in [0.15, 0.2) is 0 Å². The van der Waals surface area contributed by atoms with Crippen LogP contribution in [0, 0.1) is 0 Å². The van der Waals surface area contributed by atoms with Crippen LogP contribution in [-0.4, -0.2) is 24.7 Å². The Bertz CT molecular complexity index is 1390. The Labute approximate surface area is 185 Å². The van der Waals surface area contributed by atoms with Gasteiger partial charge in [-0.1, -0.05) is 49.4 Å². The van der Waals surface area contributed by atoms with Crippen molar-refractivity contribution >= 4 is 28.4 Å². The lowest BCUT2D eigenvalue weighted by Gasteiger charge is -2.21. The Morgan fingerprint density at radius 3 is 2.41 bits per heavy atom. The fourth-order valence-electron chi connectivity index (χ4n) is 3.71. The standard InChI is InChI=1S/C25H22N6O/c1-2-18-8-10-19(11-9-18)17-30-23(32)13-12-20-14-26-25(29-24(20)30)31(22-15-27-28-16-22)21-6-4-3-5-7-21/h3-16H,2,17H2,1H3,(H,27,28). The van der Waals surface area contributed by atoms with E-state index in [-0.39, 0.29) is 5.56 Å². The molecule has 0 amide bonds. The average Bonchev–Trinajstić information content (AvgIpc) is 3.37. The van der Waals surface area contributed by atoms with Crippen LogP contribution < -0.4 is 10.5 Å². The predicted octanol–water partition coefficient (Wildman–Crippen LogP) is 4.60. The summed E-state index contributed by atoms with van der Waals surface area (Å²) < 4.78 is 1.69. The number of anilines is 3. The second kappa shape index (κ2) is 8.47. The second-order valence-electron chi connectivity index (χ2n) is 7.50. The number of pyridine rings is 1. The molecule has 32 heavy (non-hydrogen) atoms. The first-order valence-electron chi connectivity index (χ1n) is 10.5. The van der Waals surface area contributed by atoms with E-state index < -0.39 is 0 Å². The van der Waals surface area contributed by atoms with Gasteiger partial charge in [0.2, 0.25) is 5.95 Å². The van der Waals surface area contributed by atoms with Gasteiger partial charge in [-0.3, -0.25) is 19.4 Å². The molecule has 0 fully saturated rings. The number of aromatic amines is 1. The SMILES string of the molecule is CCc1ccc(Cn2c(=O)ccc3cnc(N(c4ccccc4)c4cn[nH]c4)nc32)cc1. The van der Waals surface area contributed by atoms with Crippen LogP contribution in [0.1, 0.15) is 18.1 Å². The van der Waals surface area contributed by atoms with Gasteiger partial charge >= 0.3 is 0 Å². The molecule has 0 aliphatic carbocycles. The van der Waals surface area contributed by atoms with E-state index >= 15 is 0 Å². The summed E-state index contributed by atoms with van der Waals surface area (Å²) in [5.74, 6) is 0.464. The van der Waals surface area contributed by atoms with Crippen LogP contribution in [-0.2, 0) is 13.0 Å². The van der Waals surface area contributed by atoms with Crippen LogP contribution >= 0.6 is 0 Å². The summed E-state index contributed by atoms with van der Waals surface area (Å²) in [4.78, 5) is 24.2. The zero-order chi connectivity index (χ0) is 21.9. The maximum Gasteiger partial charge on any atom is 0.252 e. The van der Waals surface area contributed by atoms with E-state index in [1.807, 2.05) is 35.2 Å². The van der Waals surface area contributed by atoms with Crippen molar-refractivity contribution < 1.29 is 0 Å². The summed E-state index contributed by atoms with van der Waals surface area (Å²) in [5.41, 5.74) is 4.50. The number of hydrogen-bond donors (Lipinski definition) is 1. The van der Waals surface area contributed by atoms with Crippen molar-refractivity contribution in [3.63, 3.8) is 0 Å². The lowest BCUT2D eigenvalue weighted by molar-refractivity contribution is 0.780. The second-order valence-corrected chi connectivity index (χ2v) is 7.50. The van der Waals surface area contributed by atoms with Crippen LogP contribution in [0.3, 0.4) is 0 Å². The number of nitrogens with zero attached hydrogens (tertiary/aromatic N) is 5. The summed E-state index contributed by atoms with van der Waals surface area (Å²) in [6.45, 7) is 2.56. The predicted molar refractivity (Wildman–Crippen MR) is 126 cm³/mol. The Morgan fingerprint density at radius 2 is 1.69 bits per heavy atom. The summed E-state index contributed by atoms with van der Waals surface area (Å²) >= 11 is 0. The third-order valence-electron chi connectivity index (χ3n) is 5.44. The van der Waals surface area contributed by atoms with Crippen molar-refractivity contribution in [2.45, 2.75) is 19.9 Å². The van der Waals surface area contributed by atoms with Crippen LogP contribution in [0.15, 0.2) is 90.1 Å². The first-order chi connectivity index (χ1) is 15.7. The van der Waals surface area contributed by atoms with E-state index in [1.54, 1.807) is 35.3 Å². The molecule has 7 heteroatoms. The number of benzene rings is 2. The number of H-pyrrole nitrogens is 1. The van der Waals surface area contributed by atoms with Crippen molar-refractivity contribution in [3.8, 4) is 0 Å². The van der Waals surface area contributed by atoms with Gasteiger partial charge < -0.3 is 0 Å². The molecule has 1 N–H and O–H groups in total. The number of nitrogens with one attached hydrogen (secondary N) is 1. The van der Waals surface area contributed by atoms with Gasteiger partial charge in [-0.25, -0.2) is 4.98 Å². The molecule has 0 saturated heterocycles. The number of rotatable bonds is 6. The molecule has 5 aromatic rings. The summed E-state index contributed by atoms with van der Waals surface area (Å²) in [5, 5.41) is 7.73. The van der Waals surface area contributed by atoms with Gasteiger partial charge in [0.05, 0.1) is 18.4 Å². The molecular formula is C25H22N6O. The molecule has 0 aliphatic heterocycles. The maximum absolute atomic E-state index is 12.8. The summed E-state index contributed by atoms with van der Waals surface area (Å²) in [6, 6.07) is 21.5. The summed E-state index contributed by atoms with van der Waals surface area (Å²) in [6.07, 6.45) is 6.24. The minimum atomic E-state index is -0.101. The quantitative estimate of drug-likeness (QED) is 0.433. The highest BCUT2D eigenvalue weighted by Crippen LogP contribution is 2.31. The lowest BCUT2D eigenvalue weighted by Crippen LogP contribution is -2.22. The number of para-hydroxylation sites is 1. The molecule has 0 unspecified atom stereocenters. The van der Waals surface area contributed by atoms with Crippen molar-refractivity contribution in [2.75, 3.05) is 4.90 Å². The van der Waals surface area contributed by atoms with Gasteiger partial charge in [-0.05, 0) is 35.7 Å². The first-order valence-corrected chi connectivity index (χ1v) is 10.5. The largest absolute Gasteiger partial charge is 0.288 e.